The topological polar surface area (TPSA) is 117 Å². The fourth-order valence-corrected chi connectivity index (χ4v) is 2.66. The lowest BCUT2D eigenvalue weighted by atomic mass is 10.2. The molecule has 9 heteroatoms. The van der Waals surface area contributed by atoms with Crippen molar-refractivity contribution in [2.24, 2.45) is 0 Å². The van der Waals surface area contributed by atoms with Crippen LogP contribution in [0.3, 0.4) is 0 Å². The highest BCUT2D eigenvalue weighted by atomic mass is 32.2. The van der Waals surface area contributed by atoms with Gasteiger partial charge in [-0.2, -0.15) is 0 Å². The molecule has 0 atom stereocenters. The van der Waals surface area contributed by atoms with Gasteiger partial charge in [-0.25, -0.2) is 8.42 Å². The van der Waals surface area contributed by atoms with Crippen LogP contribution in [0, 0.1) is 0 Å². The number of carbonyl (C=O) groups is 2. The number of nitrogens with zero attached hydrogens (tertiary/aromatic N) is 1. The molecule has 138 valence electrons. The summed E-state index contributed by atoms with van der Waals surface area (Å²) in [4.78, 5) is 27.7. The summed E-state index contributed by atoms with van der Waals surface area (Å²) in [6.07, 6.45) is 4.71. The lowest BCUT2D eigenvalue weighted by Gasteiger charge is -2.08. The Balaban J connectivity index is 1.71. The highest BCUT2D eigenvalue weighted by Crippen LogP contribution is 2.10. The zero-order valence-corrected chi connectivity index (χ0v) is 15.0. The third-order valence-corrected chi connectivity index (χ3v) is 3.91. The van der Waals surface area contributed by atoms with Crippen LogP contribution in [0.25, 0.3) is 0 Å². The molecule has 0 aliphatic heterocycles. The molecule has 1 aromatic heterocycles. The maximum atomic E-state index is 12.0. The number of amides is 2. The number of anilines is 1. The number of carbonyl (C=O) groups excluding carboxylic acids is 2. The van der Waals surface area contributed by atoms with Gasteiger partial charge in [-0.1, -0.05) is 0 Å². The zero-order valence-electron chi connectivity index (χ0n) is 14.2. The molecule has 0 fully saturated rings. The second kappa shape index (κ2) is 8.95. The Hall–Kier alpha value is -2.94. The van der Waals surface area contributed by atoms with Crippen molar-refractivity contribution in [1.82, 2.24) is 15.6 Å². The molecule has 0 bridgehead atoms. The molecule has 3 N–H and O–H groups in total. The molecular weight excluding hydrogens is 356 g/mol. The monoisotopic (exact) mass is 376 g/mol. The second-order valence-electron chi connectivity index (χ2n) is 5.56. The van der Waals surface area contributed by atoms with Crippen LogP contribution in [0.1, 0.15) is 27.1 Å². The summed E-state index contributed by atoms with van der Waals surface area (Å²) < 4.78 is 24.6. The van der Waals surface area contributed by atoms with Crippen molar-refractivity contribution in [3.8, 4) is 0 Å². The van der Waals surface area contributed by atoms with Crippen LogP contribution in [-0.4, -0.2) is 44.6 Å². The molecular formula is C17H20N4O4S. The van der Waals surface area contributed by atoms with Crippen LogP contribution in [0.2, 0.25) is 0 Å². The number of sulfonamides is 1. The van der Waals surface area contributed by atoms with Crippen molar-refractivity contribution in [1.29, 1.82) is 0 Å². The van der Waals surface area contributed by atoms with Crippen molar-refractivity contribution < 1.29 is 18.0 Å². The molecule has 2 rings (SSSR count). The first kappa shape index (κ1) is 19.4. The molecule has 1 heterocycles. The van der Waals surface area contributed by atoms with E-state index in [0.717, 1.165) is 6.26 Å². The lowest BCUT2D eigenvalue weighted by molar-refractivity contribution is 0.0951. The van der Waals surface area contributed by atoms with Crippen LogP contribution in [0.5, 0.6) is 0 Å². The van der Waals surface area contributed by atoms with Crippen molar-refractivity contribution in [3.05, 3.63) is 59.9 Å². The summed E-state index contributed by atoms with van der Waals surface area (Å²) >= 11 is 0. The third-order valence-electron chi connectivity index (χ3n) is 3.30. The fraction of sp³-hybridized carbons (Fsp3) is 0.235. The van der Waals surface area contributed by atoms with Crippen molar-refractivity contribution in [2.45, 2.75) is 6.42 Å². The summed E-state index contributed by atoms with van der Waals surface area (Å²) in [6.45, 7) is 0.820. The highest BCUT2D eigenvalue weighted by molar-refractivity contribution is 7.92. The number of hydrogen-bond acceptors (Lipinski definition) is 5. The molecule has 8 nitrogen and oxygen atoms in total. The summed E-state index contributed by atoms with van der Waals surface area (Å²) in [6, 6.07) is 9.46. The molecule has 0 spiro atoms. The number of hydrogen-bond donors (Lipinski definition) is 3. The van der Waals surface area contributed by atoms with Gasteiger partial charge < -0.3 is 10.6 Å². The Morgan fingerprint density at radius 2 is 1.58 bits per heavy atom. The van der Waals surface area contributed by atoms with E-state index in [9.17, 15) is 18.0 Å². The van der Waals surface area contributed by atoms with E-state index in [1.807, 2.05) is 0 Å². The van der Waals surface area contributed by atoms with Crippen LogP contribution in [0.15, 0.2) is 48.8 Å². The average Bonchev–Trinajstić information content (AvgIpc) is 2.61. The summed E-state index contributed by atoms with van der Waals surface area (Å²) in [5.74, 6) is -0.479. The van der Waals surface area contributed by atoms with Gasteiger partial charge in [0.25, 0.3) is 11.8 Å². The Morgan fingerprint density at radius 3 is 2.12 bits per heavy atom. The normalized spacial score (nSPS) is 10.8. The van der Waals surface area contributed by atoms with Gasteiger partial charge in [-0.05, 0) is 42.8 Å². The second-order valence-corrected chi connectivity index (χ2v) is 7.31. The van der Waals surface area contributed by atoms with E-state index in [2.05, 4.69) is 20.3 Å². The number of benzene rings is 1. The van der Waals surface area contributed by atoms with E-state index in [1.54, 1.807) is 18.3 Å². The Morgan fingerprint density at radius 1 is 0.962 bits per heavy atom. The van der Waals surface area contributed by atoms with E-state index in [-0.39, 0.29) is 11.8 Å². The average molecular weight is 376 g/mol. The van der Waals surface area contributed by atoms with Crippen LogP contribution in [0.4, 0.5) is 5.69 Å². The highest BCUT2D eigenvalue weighted by Gasteiger charge is 2.07. The van der Waals surface area contributed by atoms with Gasteiger partial charge in [-0.3, -0.25) is 19.3 Å². The van der Waals surface area contributed by atoms with Gasteiger partial charge in [0.1, 0.15) is 0 Å². The van der Waals surface area contributed by atoms with E-state index < -0.39 is 10.0 Å². The molecule has 0 aliphatic rings. The van der Waals surface area contributed by atoms with Gasteiger partial charge in [0.15, 0.2) is 0 Å². The molecule has 0 radical (unpaired) electrons. The van der Waals surface area contributed by atoms with Crippen molar-refractivity contribution in [3.63, 3.8) is 0 Å². The lowest BCUT2D eigenvalue weighted by Crippen LogP contribution is -2.29. The van der Waals surface area contributed by atoms with Gasteiger partial charge in [0.05, 0.1) is 11.8 Å². The first-order valence-corrected chi connectivity index (χ1v) is 9.78. The minimum Gasteiger partial charge on any atom is -0.352 e. The molecule has 2 aromatic rings. The Bertz CT molecular complexity index is 852. The van der Waals surface area contributed by atoms with E-state index in [4.69, 9.17) is 0 Å². The predicted octanol–water partition coefficient (Wildman–Crippen LogP) is 1.00. The molecule has 0 unspecified atom stereocenters. The smallest absolute Gasteiger partial charge is 0.252 e. The number of nitrogens with one attached hydrogen (secondary N) is 3. The minimum absolute atomic E-state index is 0.210. The SMILES string of the molecule is CS(=O)(=O)Nc1ccc(C(=O)NCCCNC(=O)c2cccnc2)cc1. The standard InChI is InChI=1S/C17H20N4O4S/c1-26(24,25)21-15-7-5-13(6-8-15)16(22)19-10-3-11-20-17(23)14-4-2-9-18-12-14/h2,4-9,12,21H,3,10-11H2,1H3,(H,19,22)(H,20,23). The summed E-state index contributed by atoms with van der Waals surface area (Å²) in [7, 11) is -3.35. The molecule has 0 saturated heterocycles. The molecule has 1 aromatic carbocycles. The maximum absolute atomic E-state index is 12.0. The third kappa shape index (κ3) is 6.52. The van der Waals surface area contributed by atoms with Crippen molar-refractivity contribution >= 4 is 27.5 Å². The molecule has 0 aliphatic carbocycles. The van der Waals surface area contributed by atoms with Crippen LogP contribution >= 0.6 is 0 Å². The van der Waals surface area contributed by atoms with Gasteiger partial charge in [0, 0.05) is 36.7 Å². The van der Waals surface area contributed by atoms with Crippen LogP contribution in [-0.2, 0) is 10.0 Å². The first-order chi connectivity index (χ1) is 12.3. The van der Waals surface area contributed by atoms with Gasteiger partial charge in [0.2, 0.25) is 10.0 Å². The fourth-order valence-electron chi connectivity index (χ4n) is 2.10. The van der Waals surface area contributed by atoms with Gasteiger partial charge in [-0.15, -0.1) is 0 Å². The minimum atomic E-state index is -3.35. The van der Waals surface area contributed by atoms with E-state index >= 15 is 0 Å². The number of aromatic nitrogens is 1. The molecule has 0 saturated carbocycles. The van der Waals surface area contributed by atoms with E-state index in [1.165, 1.54) is 30.5 Å². The van der Waals surface area contributed by atoms with Crippen LogP contribution < -0.4 is 15.4 Å². The molecule has 2 amide bonds. The number of rotatable bonds is 8. The predicted molar refractivity (Wildman–Crippen MR) is 98.4 cm³/mol. The molecule has 26 heavy (non-hydrogen) atoms. The van der Waals surface area contributed by atoms with Gasteiger partial charge >= 0.3 is 0 Å². The largest absolute Gasteiger partial charge is 0.352 e. The Kier molecular flexibility index (Phi) is 6.67. The van der Waals surface area contributed by atoms with Crippen molar-refractivity contribution in [2.75, 3.05) is 24.1 Å². The number of pyridine rings is 1. The summed E-state index contributed by atoms with van der Waals surface area (Å²) in [5.41, 5.74) is 1.30. The summed E-state index contributed by atoms with van der Waals surface area (Å²) in [5, 5.41) is 5.49. The quantitative estimate of drug-likeness (QED) is 0.594. The first-order valence-electron chi connectivity index (χ1n) is 7.89. The maximum Gasteiger partial charge on any atom is 0.252 e. The van der Waals surface area contributed by atoms with E-state index in [0.29, 0.717) is 36.3 Å². The Labute approximate surface area is 152 Å². The zero-order chi connectivity index (χ0) is 19.0.